The van der Waals surface area contributed by atoms with Crippen LogP contribution in [-0.4, -0.2) is 75.4 Å². The molecule has 2 fully saturated rings. The zero-order valence-electron chi connectivity index (χ0n) is 13.6. The predicted octanol–water partition coefficient (Wildman–Crippen LogP) is 1.27. The summed E-state index contributed by atoms with van der Waals surface area (Å²) in [5.74, 6) is 1.57. The molecule has 2 unspecified atom stereocenters. The molecular weight excluding hydrogens is 250 g/mol. The van der Waals surface area contributed by atoms with Gasteiger partial charge < -0.3 is 15.0 Å². The number of piperidine rings is 1. The molecule has 2 saturated heterocycles. The maximum Gasteiger partial charge on any atom is 0.0829 e. The van der Waals surface area contributed by atoms with Gasteiger partial charge in [-0.05, 0) is 44.8 Å². The Morgan fingerprint density at radius 1 is 1.35 bits per heavy atom. The van der Waals surface area contributed by atoms with E-state index in [2.05, 4.69) is 36.0 Å². The van der Waals surface area contributed by atoms with Crippen molar-refractivity contribution in [1.82, 2.24) is 15.1 Å². The Balaban J connectivity index is 1.68. The van der Waals surface area contributed by atoms with Gasteiger partial charge in [0.25, 0.3) is 0 Å². The lowest BCUT2D eigenvalue weighted by Crippen LogP contribution is -2.48. The summed E-state index contributed by atoms with van der Waals surface area (Å²) < 4.78 is 5.95. The van der Waals surface area contributed by atoms with Crippen LogP contribution in [0.3, 0.4) is 0 Å². The largest absolute Gasteiger partial charge is 0.374 e. The highest BCUT2D eigenvalue weighted by Crippen LogP contribution is 2.13. The van der Waals surface area contributed by atoms with E-state index < -0.39 is 0 Å². The van der Waals surface area contributed by atoms with Crippen molar-refractivity contribution in [1.29, 1.82) is 0 Å². The Hall–Kier alpha value is -0.160. The van der Waals surface area contributed by atoms with Gasteiger partial charge in [0.2, 0.25) is 0 Å². The summed E-state index contributed by atoms with van der Waals surface area (Å²) in [6.07, 6.45) is 3.10. The van der Waals surface area contributed by atoms with Crippen LogP contribution >= 0.6 is 0 Å². The van der Waals surface area contributed by atoms with Crippen molar-refractivity contribution in [2.75, 3.05) is 59.5 Å². The van der Waals surface area contributed by atoms with Crippen LogP contribution < -0.4 is 5.32 Å². The third-order valence-corrected chi connectivity index (χ3v) is 4.33. The first-order chi connectivity index (χ1) is 9.63. The van der Waals surface area contributed by atoms with Crippen LogP contribution in [0.2, 0.25) is 0 Å². The van der Waals surface area contributed by atoms with E-state index >= 15 is 0 Å². The van der Waals surface area contributed by atoms with Crippen molar-refractivity contribution < 1.29 is 4.74 Å². The maximum atomic E-state index is 5.95. The normalized spacial score (nSPS) is 29.2. The van der Waals surface area contributed by atoms with Gasteiger partial charge in [-0.15, -0.1) is 0 Å². The minimum Gasteiger partial charge on any atom is -0.374 e. The van der Waals surface area contributed by atoms with Crippen molar-refractivity contribution in [3.8, 4) is 0 Å². The van der Waals surface area contributed by atoms with Gasteiger partial charge in [0.05, 0.1) is 12.7 Å². The standard InChI is InChI=1S/C16H33N3O/c1-14(2)10-19-7-8-20-16(13-19)12-18(3)11-15-5-4-6-17-9-15/h14-17H,4-13H2,1-3H3. The summed E-state index contributed by atoms with van der Waals surface area (Å²) in [6, 6.07) is 0. The highest BCUT2D eigenvalue weighted by atomic mass is 16.5. The molecule has 0 spiro atoms. The predicted molar refractivity (Wildman–Crippen MR) is 84.1 cm³/mol. The molecule has 0 radical (unpaired) electrons. The molecule has 0 bridgehead atoms. The van der Waals surface area contributed by atoms with E-state index in [4.69, 9.17) is 4.74 Å². The Bertz CT molecular complexity index is 266. The van der Waals surface area contributed by atoms with Gasteiger partial charge in [-0.2, -0.15) is 0 Å². The first-order valence-corrected chi connectivity index (χ1v) is 8.36. The second kappa shape index (κ2) is 8.32. The Labute approximate surface area is 124 Å². The van der Waals surface area contributed by atoms with Crippen LogP contribution in [0.5, 0.6) is 0 Å². The molecule has 0 aromatic carbocycles. The number of rotatable bonds is 6. The van der Waals surface area contributed by atoms with E-state index in [0.717, 1.165) is 38.1 Å². The summed E-state index contributed by atoms with van der Waals surface area (Å²) in [5.41, 5.74) is 0. The molecule has 2 aliphatic heterocycles. The second-order valence-corrected chi connectivity index (χ2v) is 7.08. The lowest BCUT2D eigenvalue weighted by Gasteiger charge is -2.36. The fraction of sp³-hybridized carbons (Fsp3) is 1.00. The molecule has 2 heterocycles. The van der Waals surface area contributed by atoms with Gasteiger partial charge in [0.15, 0.2) is 0 Å². The molecular formula is C16H33N3O. The molecule has 0 saturated carbocycles. The van der Waals surface area contributed by atoms with Gasteiger partial charge in [0.1, 0.15) is 0 Å². The van der Waals surface area contributed by atoms with Crippen molar-refractivity contribution in [2.45, 2.75) is 32.8 Å². The topological polar surface area (TPSA) is 27.7 Å². The zero-order chi connectivity index (χ0) is 14.4. The first-order valence-electron chi connectivity index (χ1n) is 8.36. The number of likely N-dealkylation sites (N-methyl/N-ethyl adjacent to an activating group) is 1. The number of morpholine rings is 1. The monoisotopic (exact) mass is 283 g/mol. The molecule has 2 rings (SSSR count). The summed E-state index contributed by atoms with van der Waals surface area (Å²) in [6.45, 7) is 13.6. The highest BCUT2D eigenvalue weighted by Gasteiger charge is 2.23. The Kier molecular flexibility index (Phi) is 6.75. The maximum absolute atomic E-state index is 5.95. The summed E-state index contributed by atoms with van der Waals surface area (Å²) in [4.78, 5) is 5.04. The third kappa shape index (κ3) is 5.68. The molecule has 0 aromatic rings. The number of nitrogens with zero attached hydrogens (tertiary/aromatic N) is 2. The van der Waals surface area contributed by atoms with E-state index in [-0.39, 0.29) is 0 Å². The van der Waals surface area contributed by atoms with Crippen molar-refractivity contribution in [2.24, 2.45) is 11.8 Å². The van der Waals surface area contributed by atoms with Gasteiger partial charge in [-0.1, -0.05) is 13.8 Å². The number of hydrogen-bond donors (Lipinski definition) is 1. The van der Waals surface area contributed by atoms with E-state index in [1.54, 1.807) is 0 Å². The molecule has 1 N–H and O–H groups in total. The van der Waals surface area contributed by atoms with E-state index in [0.29, 0.717) is 6.10 Å². The van der Waals surface area contributed by atoms with Gasteiger partial charge in [0, 0.05) is 32.7 Å². The lowest BCUT2D eigenvalue weighted by atomic mass is 9.99. The first kappa shape index (κ1) is 16.2. The molecule has 0 amide bonds. The lowest BCUT2D eigenvalue weighted by molar-refractivity contribution is -0.0447. The van der Waals surface area contributed by atoms with Gasteiger partial charge in [-0.25, -0.2) is 0 Å². The van der Waals surface area contributed by atoms with E-state index in [9.17, 15) is 0 Å². The highest BCUT2D eigenvalue weighted by molar-refractivity contribution is 4.77. The van der Waals surface area contributed by atoms with Crippen molar-refractivity contribution in [3.05, 3.63) is 0 Å². The summed E-state index contributed by atoms with van der Waals surface area (Å²) >= 11 is 0. The molecule has 118 valence electrons. The Morgan fingerprint density at radius 2 is 2.20 bits per heavy atom. The summed E-state index contributed by atoms with van der Waals surface area (Å²) in [7, 11) is 2.25. The molecule has 2 atom stereocenters. The molecule has 0 aliphatic carbocycles. The average molecular weight is 283 g/mol. The fourth-order valence-electron chi connectivity index (χ4n) is 3.52. The van der Waals surface area contributed by atoms with Crippen molar-refractivity contribution in [3.63, 3.8) is 0 Å². The smallest absolute Gasteiger partial charge is 0.0829 e. The van der Waals surface area contributed by atoms with Crippen LogP contribution in [0, 0.1) is 11.8 Å². The average Bonchev–Trinajstić information content (AvgIpc) is 2.39. The second-order valence-electron chi connectivity index (χ2n) is 7.08. The quantitative estimate of drug-likeness (QED) is 0.795. The minimum atomic E-state index is 0.393. The van der Waals surface area contributed by atoms with E-state index in [1.165, 1.54) is 39.0 Å². The van der Waals surface area contributed by atoms with Gasteiger partial charge in [-0.3, -0.25) is 4.90 Å². The van der Waals surface area contributed by atoms with Gasteiger partial charge >= 0.3 is 0 Å². The van der Waals surface area contributed by atoms with Crippen LogP contribution in [0.4, 0.5) is 0 Å². The minimum absolute atomic E-state index is 0.393. The molecule has 2 aliphatic rings. The molecule has 0 aromatic heterocycles. The fourth-order valence-corrected chi connectivity index (χ4v) is 3.52. The molecule has 4 nitrogen and oxygen atoms in total. The number of nitrogens with one attached hydrogen (secondary N) is 1. The van der Waals surface area contributed by atoms with Crippen LogP contribution in [0.15, 0.2) is 0 Å². The SMILES string of the molecule is CC(C)CN1CCOC(CN(C)CC2CCCNC2)C1. The number of ether oxygens (including phenoxy) is 1. The third-order valence-electron chi connectivity index (χ3n) is 4.33. The Morgan fingerprint density at radius 3 is 2.90 bits per heavy atom. The van der Waals surface area contributed by atoms with Crippen LogP contribution in [0.1, 0.15) is 26.7 Å². The van der Waals surface area contributed by atoms with Crippen molar-refractivity contribution >= 4 is 0 Å². The van der Waals surface area contributed by atoms with Crippen LogP contribution in [0.25, 0.3) is 0 Å². The van der Waals surface area contributed by atoms with Crippen LogP contribution in [-0.2, 0) is 4.74 Å². The molecule has 4 heteroatoms. The number of hydrogen-bond acceptors (Lipinski definition) is 4. The zero-order valence-corrected chi connectivity index (χ0v) is 13.6. The molecule has 20 heavy (non-hydrogen) atoms. The van der Waals surface area contributed by atoms with E-state index in [1.807, 2.05) is 0 Å². The summed E-state index contributed by atoms with van der Waals surface area (Å²) in [5, 5.41) is 3.51.